The fraction of sp³-hybridized carbons (Fsp3) is 0.333. The van der Waals surface area contributed by atoms with Crippen LogP contribution in [0.25, 0.3) is 22.2 Å². The summed E-state index contributed by atoms with van der Waals surface area (Å²) in [5.74, 6) is -0.802. The van der Waals surface area contributed by atoms with Crippen LogP contribution in [0.1, 0.15) is 43.7 Å². The minimum absolute atomic E-state index is 0.239. The lowest BCUT2D eigenvalue weighted by Crippen LogP contribution is -2.33. The lowest BCUT2D eigenvalue weighted by molar-refractivity contribution is 0.0528. The summed E-state index contributed by atoms with van der Waals surface area (Å²) in [4.78, 5) is 34.2. The van der Waals surface area contributed by atoms with Crippen molar-refractivity contribution in [1.82, 2.24) is 20.6 Å². The fourth-order valence-electron chi connectivity index (χ4n) is 3.34. The number of halogens is 1. The molecule has 7 nitrogen and oxygen atoms in total. The summed E-state index contributed by atoms with van der Waals surface area (Å²) in [6, 6.07) is 9.51. The Hall–Kier alpha value is -3.55. The highest BCUT2D eigenvalue weighted by Crippen LogP contribution is 2.32. The standard InChI is InChI=1S/C24H27FN4O3/c1-5-26-22(30)20-16-14-15(25)9-10-17(16)29-19(21(20)18-8-6-7-12-27-18)11-13-28-23(31)32-24(2,3)4/h6-10,12,14H,5,11,13H2,1-4H3,(H,26,30)(H,28,31). The van der Waals surface area contributed by atoms with E-state index in [4.69, 9.17) is 4.74 Å². The molecule has 0 atom stereocenters. The van der Waals surface area contributed by atoms with E-state index in [-0.39, 0.29) is 12.5 Å². The first kappa shape index (κ1) is 23.1. The van der Waals surface area contributed by atoms with Crippen molar-refractivity contribution in [2.75, 3.05) is 13.1 Å². The van der Waals surface area contributed by atoms with Gasteiger partial charge in [-0.15, -0.1) is 0 Å². The van der Waals surface area contributed by atoms with Gasteiger partial charge in [0.25, 0.3) is 5.91 Å². The monoisotopic (exact) mass is 438 g/mol. The number of benzene rings is 1. The molecule has 2 amide bonds. The van der Waals surface area contributed by atoms with Gasteiger partial charge in [-0.2, -0.15) is 0 Å². The van der Waals surface area contributed by atoms with Crippen molar-refractivity contribution in [1.29, 1.82) is 0 Å². The van der Waals surface area contributed by atoms with E-state index < -0.39 is 17.5 Å². The van der Waals surface area contributed by atoms with E-state index in [2.05, 4.69) is 20.6 Å². The lowest BCUT2D eigenvalue weighted by Gasteiger charge is -2.20. The van der Waals surface area contributed by atoms with Gasteiger partial charge >= 0.3 is 6.09 Å². The smallest absolute Gasteiger partial charge is 0.407 e. The summed E-state index contributed by atoms with van der Waals surface area (Å²) in [6.45, 7) is 7.82. The Labute approximate surface area is 186 Å². The van der Waals surface area contributed by atoms with Crippen molar-refractivity contribution in [2.45, 2.75) is 39.7 Å². The van der Waals surface area contributed by atoms with Gasteiger partial charge in [-0.1, -0.05) is 6.07 Å². The van der Waals surface area contributed by atoms with Gasteiger partial charge in [-0.05, 0) is 58.0 Å². The highest BCUT2D eigenvalue weighted by Gasteiger charge is 2.23. The molecule has 168 valence electrons. The van der Waals surface area contributed by atoms with Crippen LogP contribution in [0.15, 0.2) is 42.6 Å². The zero-order valence-electron chi connectivity index (χ0n) is 18.7. The van der Waals surface area contributed by atoms with Gasteiger partial charge in [0.15, 0.2) is 0 Å². The fourth-order valence-corrected chi connectivity index (χ4v) is 3.34. The van der Waals surface area contributed by atoms with E-state index >= 15 is 0 Å². The second-order valence-electron chi connectivity index (χ2n) is 8.22. The van der Waals surface area contributed by atoms with Gasteiger partial charge in [0, 0.05) is 36.7 Å². The quantitative estimate of drug-likeness (QED) is 0.600. The van der Waals surface area contributed by atoms with Crippen LogP contribution in [0, 0.1) is 5.82 Å². The highest BCUT2D eigenvalue weighted by molar-refractivity contribution is 6.11. The van der Waals surface area contributed by atoms with E-state index in [9.17, 15) is 14.0 Å². The molecule has 2 aromatic heterocycles. The number of nitrogens with one attached hydrogen (secondary N) is 2. The van der Waals surface area contributed by atoms with Gasteiger partial charge in [0.2, 0.25) is 0 Å². The van der Waals surface area contributed by atoms with Crippen LogP contribution in [0.4, 0.5) is 9.18 Å². The van der Waals surface area contributed by atoms with Crippen molar-refractivity contribution in [2.24, 2.45) is 0 Å². The van der Waals surface area contributed by atoms with E-state index in [1.165, 1.54) is 12.1 Å². The molecule has 8 heteroatoms. The summed E-state index contributed by atoms with van der Waals surface area (Å²) in [7, 11) is 0. The van der Waals surface area contributed by atoms with Crippen molar-refractivity contribution in [3.8, 4) is 11.3 Å². The summed E-state index contributed by atoms with van der Waals surface area (Å²) < 4.78 is 19.4. The maximum absolute atomic E-state index is 14.1. The van der Waals surface area contributed by atoms with Crippen LogP contribution in [0.3, 0.4) is 0 Å². The van der Waals surface area contributed by atoms with Gasteiger partial charge in [-0.25, -0.2) is 9.18 Å². The molecule has 1 aromatic carbocycles. The molecule has 0 bridgehead atoms. The Kier molecular flexibility index (Phi) is 7.02. The van der Waals surface area contributed by atoms with E-state index in [1.807, 2.05) is 13.0 Å². The van der Waals surface area contributed by atoms with Crippen LogP contribution < -0.4 is 10.6 Å². The number of carbonyl (C=O) groups is 2. The number of fused-ring (bicyclic) bond motifs is 1. The van der Waals surface area contributed by atoms with E-state index in [1.54, 1.807) is 45.2 Å². The number of carbonyl (C=O) groups excluding carboxylic acids is 2. The number of ether oxygens (including phenoxy) is 1. The van der Waals surface area contributed by atoms with E-state index in [0.717, 1.165) is 0 Å². The van der Waals surface area contributed by atoms with Crippen LogP contribution in [0.2, 0.25) is 0 Å². The number of aromatic nitrogens is 2. The molecule has 0 aliphatic rings. The topological polar surface area (TPSA) is 93.2 Å². The second kappa shape index (κ2) is 9.72. The number of amides is 2. The average Bonchev–Trinajstić information content (AvgIpc) is 2.72. The van der Waals surface area contributed by atoms with Crippen LogP contribution in [-0.2, 0) is 11.2 Å². The third-order valence-electron chi connectivity index (χ3n) is 4.54. The Morgan fingerprint density at radius 2 is 1.91 bits per heavy atom. The molecule has 0 aliphatic carbocycles. The molecule has 32 heavy (non-hydrogen) atoms. The molecule has 0 saturated carbocycles. The number of rotatable bonds is 6. The Bertz CT molecular complexity index is 1130. The van der Waals surface area contributed by atoms with Crippen molar-refractivity contribution >= 4 is 22.9 Å². The number of nitrogens with zero attached hydrogens (tertiary/aromatic N) is 2. The van der Waals surface area contributed by atoms with E-state index in [0.29, 0.717) is 46.4 Å². The zero-order chi connectivity index (χ0) is 23.3. The van der Waals surface area contributed by atoms with Crippen molar-refractivity contribution < 1.29 is 18.7 Å². The Morgan fingerprint density at radius 3 is 2.56 bits per heavy atom. The van der Waals surface area contributed by atoms with Gasteiger partial charge in [-0.3, -0.25) is 14.8 Å². The zero-order valence-corrected chi connectivity index (χ0v) is 18.7. The minimum atomic E-state index is -0.611. The first-order chi connectivity index (χ1) is 15.2. The largest absolute Gasteiger partial charge is 0.444 e. The Balaban J connectivity index is 2.09. The van der Waals surface area contributed by atoms with Crippen LogP contribution in [0.5, 0.6) is 0 Å². The predicted octanol–water partition coefficient (Wildman–Crippen LogP) is 4.25. The average molecular weight is 439 g/mol. The molecular formula is C24H27FN4O3. The summed E-state index contributed by atoms with van der Waals surface area (Å²) in [5, 5.41) is 5.92. The maximum Gasteiger partial charge on any atom is 0.407 e. The predicted molar refractivity (Wildman–Crippen MR) is 121 cm³/mol. The van der Waals surface area contributed by atoms with Crippen molar-refractivity contribution in [3.05, 3.63) is 59.7 Å². The van der Waals surface area contributed by atoms with Gasteiger partial charge in [0.1, 0.15) is 11.4 Å². The third kappa shape index (κ3) is 5.57. The molecule has 0 unspecified atom stereocenters. The SMILES string of the molecule is CCNC(=O)c1c(-c2ccccn2)c(CCNC(=O)OC(C)(C)C)nc2ccc(F)cc12. The summed E-state index contributed by atoms with van der Waals surface area (Å²) in [5.41, 5.74) is 1.81. The summed E-state index contributed by atoms with van der Waals surface area (Å²) >= 11 is 0. The number of alkyl carbamates (subject to hydrolysis) is 1. The molecule has 3 aromatic rings. The van der Waals surface area contributed by atoms with Crippen LogP contribution >= 0.6 is 0 Å². The first-order valence-corrected chi connectivity index (χ1v) is 10.5. The molecule has 2 heterocycles. The van der Waals surface area contributed by atoms with Crippen molar-refractivity contribution in [3.63, 3.8) is 0 Å². The minimum Gasteiger partial charge on any atom is -0.444 e. The number of hydrogen-bond acceptors (Lipinski definition) is 5. The maximum atomic E-state index is 14.1. The molecule has 2 N–H and O–H groups in total. The first-order valence-electron chi connectivity index (χ1n) is 10.5. The molecular weight excluding hydrogens is 411 g/mol. The number of hydrogen-bond donors (Lipinski definition) is 2. The van der Waals surface area contributed by atoms with Crippen LogP contribution in [-0.4, -0.2) is 40.7 Å². The summed E-state index contributed by atoms with van der Waals surface area (Å²) in [6.07, 6.45) is 1.41. The molecule has 0 spiro atoms. The lowest BCUT2D eigenvalue weighted by atomic mass is 9.95. The normalized spacial score (nSPS) is 11.3. The van der Waals surface area contributed by atoms with Gasteiger partial charge in [0.05, 0.1) is 22.5 Å². The number of pyridine rings is 2. The molecule has 0 saturated heterocycles. The molecule has 0 radical (unpaired) electrons. The second-order valence-corrected chi connectivity index (χ2v) is 8.22. The molecule has 0 aliphatic heterocycles. The molecule has 3 rings (SSSR count). The third-order valence-corrected chi connectivity index (χ3v) is 4.54. The molecule has 0 fully saturated rings. The van der Waals surface area contributed by atoms with Gasteiger partial charge < -0.3 is 15.4 Å². The highest BCUT2D eigenvalue weighted by atomic mass is 19.1. The Morgan fingerprint density at radius 1 is 1.12 bits per heavy atom.